The molecule has 0 atom stereocenters. The van der Waals surface area contributed by atoms with Crippen LogP contribution in [0.1, 0.15) is 25.5 Å². The lowest BCUT2D eigenvalue weighted by atomic mass is 10.3. The van der Waals surface area contributed by atoms with Crippen molar-refractivity contribution in [1.82, 2.24) is 19.7 Å². The average Bonchev–Trinajstić information content (AvgIpc) is 3.39. The zero-order valence-electron chi connectivity index (χ0n) is 16.0. The fourth-order valence-corrected chi connectivity index (χ4v) is 2.74. The molecule has 1 aromatic rings. The standard InChI is InChI=1S/C19H28N4O4/c1-4-10-22(19(26)20-12-18(25)27-5-2)14-17(24)23(15-8-9-15)13-16-7-6-11-21(16)3/h4,6-7,11,15H,1,5,8-10,12-14H2,2-3H3,(H,20,26). The first-order valence-electron chi connectivity index (χ1n) is 9.15. The molecule has 0 aromatic carbocycles. The Labute approximate surface area is 159 Å². The second-order valence-corrected chi connectivity index (χ2v) is 6.50. The van der Waals surface area contributed by atoms with Crippen molar-refractivity contribution in [2.24, 2.45) is 7.05 Å². The van der Waals surface area contributed by atoms with Crippen LogP contribution in [0.3, 0.4) is 0 Å². The lowest BCUT2D eigenvalue weighted by Crippen LogP contribution is -2.48. The summed E-state index contributed by atoms with van der Waals surface area (Å²) in [5, 5.41) is 2.49. The van der Waals surface area contributed by atoms with E-state index in [0.29, 0.717) is 6.54 Å². The molecule has 0 radical (unpaired) electrons. The first kappa shape index (κ1) is 20.5. The number of hydrogen-bond acceptors (Lipinski definition) is 4. The van der Waals surface area contributed by atoms with E-state index in [1.807, 2.05) is 34.8 Å². The molecule has 3 amide bonds. The molecule has 27 heavy (non-hydrogen) atoms. The van der Waals surface area contributed by atoms with E-state index in [9.17, 15) is 14.4 Å². The molecular formula is C19H28N4O4. The van der Waals surface area contributed by atoms with Crippen LogP contribution in [0.25, 0.3) is 0 Å². The molecule has 1 fully saturated rings. The molecule has 0 saturated heterocycles. The molecule has 8 nitrogen and oxygen atoms in total. The van der Waals surface area contributed by atoms with E-state index in [1.165, 1.54) is 4.90 Å². The number of carbonyl (C=O) groups is 3. The Hall–Kier alpha value is -2.77. The van der Waals surface area contributed by atoms with E-state index in [-0.39, 0.29) is 38.2 Å². The third-order valence-corrected chi connectivity index (χ3v) is 4.34. The van der Waals surface area contributed by atoms with Gasteiger partial charge < -0.3 is 24.4 Å². The molecule has 2 rings (SSSR count). The summed E-state index contributed by atoms with van der Waals surface area (Å²) >= 11 is 0. The Morgan fingerprint density at radius 1 is 1.41 bits per heavy atom. The Kier molecular flexibility index (Phi) is 7.45. The smallest absolute Gasteiger partial charge is 0.325 e. The number of aryl methyl sites for hydroxylation is 1. The maximum Gasteiger partial charge on any atom is 0.325 e. The van der Waals surface area contributed by atoms with Crippen LogP contribution in [0.2, 0.25) is 0 Å². The van der Waals surface area contributed by atoms with Crippen LogP contribution in [-0.4, -0.2) is 64.6 Å². The van der Waals surface area contributed by atoms with Gasteiger partial charge in [0.2, 0.25) is 5.91 Å². The zero-order chi connectivity index (χ0) is 19.8. The Balaban J connectivity index is 1.97. The maximum absolute atomic E-state index is 12.9. The molecule has 1 aliphatic carbocycles. The minimum Gasteiger partial charge on any atom is -0.465 e. The molecule has 0 bridgehead atoms. The average molecular weight is 376 g/mol. The summed E-state index contributed by atoms with van der Waals surface area (Å²) < 4.78 is 6.77. The summed E-state index contributed by atoms with van der Waals surface area (Å²) in [7, 11) is 1.94. The number of nitrogens with zero attached hydrogens (tertiary/aromatic N) is 3. The predicted octanol–water partition coefficient (Wildman–Crippen LogP) is 1.28. The summed E-state index contributed by atoms with van der Waals surface area (Å²) in [6.45, 7) is 6.01. The highest BCUT2D eigenvalue weighted by atomic mass is 16.5. The van der Waals surface area contributed by atoms with Crippen molar-refractivity contribution in [2.45, 2.75) is 32.4 Å². The normalized spacial score (nSPS) is 13.0. The molecule has 1 aromatic heterocycles. The summed E-state index contributed by atoms with van der Waals surface area (Å²) in [4.78, 5) is 39.8. The number of nitrogens with one attached hydrogen (secondary N) is 1. The second-order valence-electron chi connectivity index (χ2n) is 6.50. The summed E-state index contributed by atoms with van der Waals surface area (Å²) in [5.41, 5.74) is 1.04. The van der Waals surface area contributed by atoms with Crippen LogP contribution in [0, 0.1) is 0 Å². The zero-order valence-corrected chi connectivity index (χ0v) is 16.0. The van der Waals surface area contributed by atoms with Crippen LogP contribution < -0.4 is 5.32 Å². The first-order chi connectivity index (χ1) is 13.0. The summed E-state index contributed by atoms with van der Waals surface area (Å²) in [6.07, 6.45) is 5.45. The van der Waals surface area contributed by atoms with Gasteiger partial charge in [0.1, 0.15) is 13.1 Å². The van der Waals surface area contributed by atoms with E-state index in [1.54, 1.807) is 13.0 Å². The van der Waals surface area contributed by atoms with E-state index in [4.69, 9.17) is 4.74 Å². The van der Waals surface area contributed by atoms with Gasteiger partial charge in [0, 0.05) is 31.5 Å². The van der Waals surface area contributed by atoms with Gasteiger partial charge in [0.25, 0.3) is 0 Å². The monoisotopic (exact) mass is 376 g/mol. The van der Waals surface area contributed by atoms with E-state index in [2.05, 4.69) is 11.9 Å². The lowest BCUT2D eigenvalue weighted by molar-refractivity contribution is -0.141. The quantitative estimate of drug-likeness (QED) is 0.492. The number of urea groups is 1. The minimum absolute atomic E-state index is 0.0679. The summed E-state index contributed by atoms with van der Waals surface area (Å²) in [6, 6.07) is 3.65. The van der Waals surface area contributed by atoms with Gasteiger partial charge in [-0.2, -0.15) is 0 Å². The molecular weight excluding hydrogens is 348 g/mol. The lowest BCUT2D eigenvalue weighted by Gasteiger charge is -2.27. The van der Waals surface area contributed by atoms with Gasteiger partial charge in [-0.3, -0.25) is 9.59 Å². The third-order valence-electron chi connectivity index (χ3n) is 4.34. The van der Waals surface area contributed by atoms with Crippen molar-refractivity contribution in [3.05, 3.63) is 36.7 Å². The fourth-order valence-electron chi connectivity index (χ4n) is 2.74. The van der Waals surface area contributed by atoms with Crippen molar-refractivity contribution in [2.75, 3.05) is 26.2 Å². The highest BCUT2D eigenvalue weighted by molar-refractivity contribution is 5.86. The van der Waals surface area contributed by atoms with Crippen LogP contribution in [0.4, 0.5) is 4.79 Å². The van der Waals surface area contributed by atoms with Gasteiger partial charge in [0.05, 0.1) is 13.2 Å². The van der Waals surface area contributed by atoms with Crippen LogP contribution in [0.5, 0.6) is 0 Å². The van der Waals surface area contributed by atoms with Crippen LogP contribution in [-0.2, 0) is 27.9 Å². The summed E-state index contributed by atoms with van der Waals surface area (Å²) in [5.74, 6) is -0.633. The van der Waals surface area contributed by atoms with E-state index < -0.39 is 12.0 Å². The highest BCUT2D eigenvalue weighted by Gasteiger charge is 2.34. The topological polar surface area (TPSA) is 83.9 Å². The van der Waals surface area contributed by atoms with Gasteiger partial charge in [-0.25, -0.2) is 4.79 Å². The molecule has 1 saturated carbocycles. The van der Waals surface area contributed by atoms with Crippen LogP contribution in [0.15, 0.2) is 31.0 Å². The Morgan fingerprint density at radius 3 is 2.70 bits per heavy atom. The molecule has 1 heterocycles. The Bertz CT molecular complexity index is 681. The number of ether oxygens (including phenoxy) is 1. The maximum atomic E-state index is 12.9. The molecule has 148 valence electrons. The minimum atomic E-state index is -0.515. The number of rotatable bonds is 10. The number of esters is 1. The number of carbonyl (C=O) groups excluding carboxylic acids is 3. The number of amides is 3. The largest absolute Gasteiger partial charge is 0.465 e. The van der Waals surface area contributed by atoms with Gasteiger partial charge in [-0.05, 0) is 31.9 Å². The van der Waals surface area contributed by atoms with Gasteiger partial charge >= 0.3 is 12.0 Å². The number of hydrogen-bond donors (Lipinski definition) is 1. The molecule has 0 spiro atoms. The van der Waals surface area contributed by atoms with Crippen molar-refractivity contribution >= 4 is 17.9 Å². The molecule has 1 aliphatic rings. The molecule has 1 N–H and O–H groups in total. The van der Waals surface area contributed by atoms with Crippen molar-refractivity contribution in [1.29, 1.82) is 0 Å². The Morgan fingerprint density at radius 2 is 2.15 bits per heavy atom. The van der Waals surface area contributed by atoms with E-state index >= 15 is 0 Å². The van der Waals surface area contributed by atoms with Gasteiger partial charge in [0.15, 0.2) is 0 Å². The highest BCUT2D eigenvalue weighted by Crippen LogP contribution is 2.28. The SMILES string of the molecule is C=CCN(CC(=O)N(Cc1cccn1C)C1CC1)C(=O)NCC(=O)OCC. The fraction of sp³-hybridized carbons (Fsp3) is 0.526. The predicted molar refractivity (Wildman–Crippen MR) is 101 cm³/mol. The van der Waals surface area contributed by atoms with Gasteiger partial charge in [-0.15, -0.1) is 6.58 Å². The second kappa shape index (κ2) is 9.80. The van der Waals surface area contributed by atoms with Gasteiger partial charge in [-0.1, -0.05) is 6.08 Å². The van der Waals surface area contributed by atoms with Crippen molar-refractivity contribution < 1.29 is 19.1 Å². The molecule has 0 unspecified atom stereocenters. The molecule has 0 aliphatic heterocycles. The molecule has 8 heteroatoms. The van der Waals surface area contributed by atoms with Crippen LogP contribution >= 0.6 is 0 Å². The van der Waals surface area contributed by atoms with Crippen molar-refractivity contribution in [3.63, 3.8) is 0 Å². The number of aromatic nitrogens is 1. The van der Waals surface area contributed by atoms with E-state index in [0.717, 1.165) is 18.5 Å². The third kappa shape index (κ3) is 6.16. The van der Waals surface area contributed by atoms with Crippen molar-refractivity contribution in [3.8, 4) is 0 Å². The first-order valence-corrected chi connectivity index (χ1v) is 9.15.